The predicted octanol–water partition coefficient (Wildman–Crippen LogP) is 14.6. The van der Waals surface area contributed by atoms with Gasteiger partial charge in [0.1, 0.15) is 0 Å². The van der Waals surface area contributed by atoms with Gasteiger partial charge in [0.25, 0.3) is 0 Å². The highest BCUT2D eigenvalue weighted by Gasteiger charge is 2.21. The second kappa shape index (κ2) is 13.7. The molecule has 2 heteroatoms. The standard InChI is InChI=1S/C53H38N2/c1-54-50-35-28-43-36-46(33-34-49(43)52(50)51(41-17-7-3-8-18-41)53(54)42-19-9-4-10-20-42)55(44-29-24-38(25-30-44)37-14-5-2-6-15-37)45-31-26-40(27-32-45)48-23-13-21-39-16-11-12-22-47(39)48/h2-36H,1H3. The van der Waals surface area contributed by atoms with Crippen LogP contribution < -0.4 is 4.90 Å². The van der Waals surface area contributed by atoms with Crippen molar-refractivity contribution in [2.45, 2.75) is 0 Å². The molecule has 0 saturated heterocycles. The first-order valence-corrected chi connectivity index (χ1v) is 18.9. The molecule has 0 N–H and O–H groups in total. The van der Waals surface area contributed by atoms with Gasteiger partial charge in [-0.05, 0) is 97.4 Å². The van der Waals surface area contributed by atoms with Crippen LogP contribution in [0.3, 0.4) is 0 Å². The first-order valence-electron chi connectivity index (χ1n) is 18.9. The Kier molecular flexibility index (Phi) is 8.08. The molecule has 0 spiro atoms. The number of anilines is 3. The van der Waals surface area contributed by atoms with Crippen molar-refractivity contribution in [2.24, 2.45) is 7.05 Å². The molecule has 0 saturated carbocycles. The summed E-state index contributed by atoms with van der Waals surface area (Å²) in [6, 6.07) is 76.9. The van der Waals surface area contributed by atoms with Gasteiger partial charge in [-0.3, -0.25) is 0 Å². The zero-order chi connectivity index (χ0) is 36.7. The highest BCUT2D eigenvalue weighted by atomic mass is 15.1. The topological polar surface area (TPSA) is 8.17 Å². The smallest absolute Gasteiger partial charge is 0.0568 e. The lowest BCUT2D eigenvalue weighted by molar-refractivity contribution is 0.979. The Labute approximate surface area is 321 Å². The van der Waals surface area contributed by atoms with E-state index in [1.54, 1.807) is 0 Å². The molecule has 1 aromatic heterocycles. The van der Waals surface area contributed by atoms with E-state index in [1.165, 1.54) is 77.1 Å². The quantitative estimate of drug-likeness (QED) is 0.160. The molecular weight excluding hydrogens is 665 g/mol. The minimum absolute atomic E-state index is 1.10. The van der Waals surface area contributed by atoms with Crippen molar-refractivity contribution in [1.29, 1.82) is 0 Å². The van der Waals surface area contributed by atoms with Gasteiger partial charge < -0.3 is 9.47 Å². The SMILES string of the molecule is Cn1c(-c2ccccc2)c(-c2ccccc2)c2c3ccc(N(c4ccc(-c5ccccc5)cc4)c4ccc(-c5cccc6ccccc56)cc4)cc3ccc21. The Balaban J connectivity index is 1.14. The molecule has 260 valence electrons. The molecule has 55 heavy (non-hydrogen) atoms. The minimum atomic E-state index is 1.10. The Bertz CT molecular complexity index is 2940. The highest BCUT2D eigenvalue weighted by molar-refractivity contribution is 6.18. The Morgan fingerprint density at radius 3 is 1.60 bits per heavy atom. The molecule has 0 amide bonds. The van der Waals surface area contributed by atoms with Crippen molar-refractivity contribution in [2.75, 3.05) is 4.90 Å². The molecule has 0 aliphatic rings. The fourth-order valence-corrected chi connectivity index (χ4v) is 8.36. The highest BCUT2D eigenvalue weighted by Crippen LogP contribution is 2.45. The van der Waals surface area contributed by atoms with Crippen molar-refractivity contribution in [3.8, 4) is 44.6 Å². The van der Waals surface area contributed by atoms with Gasteiger partial charge in [-0.2, -0.15) is 0 Å². The predicted molar refractivity (Wildman–Crippen MR) is 234 cm³/mol. The summed E-state index contributed by atoms with van der Waals surface area (Å²) in [6.07, 6.45) is 0. The Hall–Kier alpha value is -7.16. The maximum Gasteiger partial charge on any atom is 0.0568 e. The van der Waals surface area contributed by atoms with E-state index in [1.807, 2.05) is 0 Å². The lowest BCUT2D eigenvalue weighted by atomic mass is 9.95. The summed E-state index contributed by atoms with van der Waals surface area (Å²) in [5.41, 5.74) is 14.3. The molecule has 0 aliphatic carbocycles. The van der Waals surface area contributed by atoms with Crippen molar-refractivity contribution in [1.82, 2.24) is 4.57 Å². The van der Waals surface area contributed by atoms with E-state index in [-0.39, 0.29) is 0 Å². The number of benzene rings is 9. The van der Waals surface area contributed by atoms with Crippen LogP contribution >= 0.6 is 0 Å². The third-order valence-electron chi connectivity index (χ3n) is 11.0. The molecule has 2 nitrogen and oxygen atoms in total. The van der Waals surface area contributed by atoms with Crippen molar-refractivity contribution in [3.05, 3.63) is 212 Å². The van der Waals surface area contributed by atoms with Gasteiger partial charge in [0.05, 0.1) is 5.69 Å². The van der Waals surface area contributed by atoms with Gasteiger partial charge in [0.2, 0.25) is 0 Å². The summed E-state index contributed by atoms with van der Waals surface area (Å²) < 4.78 is 2.36. The fourth-order valence-electron chi connectivity index (χ4n) is 8.36. The molecule has 9 aromatic carbocycles. The Morgan fingerprint density at radius 2 is 0.909 bits per heavy atom. The molecule has 0 atom stereocenters. The molecule has 0 aliphatic heterocycles. The van der Waals surface area contributed by atoms with Crippen LogP contribution in [0.15, 0.2) is 212 Å². The van der Waals surface area contributed by atoms with Crippen LogP contribution in [0.1, 0.15) is 0 Å². The zero-order valence-electron chi connectivity index (χ0n) is 30.6. The summed E-state index contributed by atoms with van der Waals surface area (Å²) >= 11 is 0. The van der Waals surface area contributed by atoms with Gasteiger partial charge in [-0.1, -0.05) is 170 Å². The number of hydrogen-bond donors (Lipinski definition) is 0. The number of nitrogens with zero attached hydrogens (tertiary/aromatic N) is 2. The minimum Gasteiger partial charge on any atom is -0.343 e. The Morgan fingerprint density at radius 1 is 0.364 bits per heavy atom. The third kappa shape index (κ3) is 5.76. The van der Waals surface area contributed by atoms with E-state index < -0.39 is 0 Å². The van der Waals surface area contributed by atoms with Crippen LogP contribution in [-0.2, 0) is 7.05 Å². The van der Waals surface area contributed by atoms with Gasteiger partial charge in [-0.15, -0.1) is 0 Å². The number of aryl methyl sites for hydroxylation is 1. The van der Waals surface area contributed by atoms with Crippen molar-refractivity contribution < 1.29 is 0 Å². The summed E-state index contributed by atoms with van der Waals surface area (Å²) in [5.74, 6) is 0. The van der Waals surface area contributed by atoms with Crippen LogP contribution in [0.25, 0.3) is 77.1 Å². The van der Waals surface area contributed by atoms with Crippen molar-refractivity contribution in [3.63, 3.8) is 0 Å². The van der Waals surface area contributed by atoms with Crippen LogP contribution in [0, 0.1) is 0 Å². The normalized spacial score (nSPS) is 11.4. The molecule has 10 aromatic rings. The van der Waals surface area contributed by atoms with Crippen LogP contribution in [0.5, 0.6) is 0 Å². The maximum absolute atomic E-state index is 2.38. The number of fused-ring (bicyclic) bond motifs is 4. The first kappa shape index (κ1) is 32.5. The van der Waals surface area contributed by atoms with E-state index in [0.717, 1.165) is 17.1 Å². The fraction of sp³-hybridized carbons (Fsp3) is 0.0189. The van der Waals surface area contributed by atoms with Gasteiger partial charge in [-0.25, -0.2) is 0 Å². The zero-order valence-corrected chi connectivity index (χ0v) is 30.6. The maximum atomic E-state index is 2.38. The van der Waals surface area contributed by atoms with Crippen molar-refractivity contribution >= 4 is 49.5 Å². The third-order valence-corrected chi connectivity index (χ3v) is 11.0. The second-order valence-corrected chi connectivity index (χ2v) is 14.2. The van der Waals surface area contributed by atoms with Crippen LogP contribution in [0.4, 0.5) is 17.1 Å². The van der Waals surface area contributed by atoms with E-state index >= 15 is 0 Å². The van der Waals surface area contributed by atoms with E-state index in [0.29, 0.717) is 0 Å². The van der Waals surface area contributed by atoms with Crippen LogP contribution in [0.2, 0.25) is 0 Å². The van der Waals surface area contributed by atoms with E-state index in [2.05, 4.69) is 229 Å². The van der Waals surface area contributed by atoms with Crippen LogP contribution in [-0.4, -0.2) is 4.57 Å². The average molecular weight is 703 g/mol. The molecule has 1 heterocycles. The monoisotopic (exact) mass is 702 g/mol. The first-order chi connectivity index (χ1) is 27.2. The largest absolute Gasteiger partial charge is 0.343 e. The molecule has 0 fully saturated rings. The molecule has 10 rings (SSSR count). The molecule has 0 bridgehead atoms. The lowest BCUT2D eigenvalue weighted by Gasteiger charge is -2.26. The van der Waals surface area contributed by atoms with Gasteiger partial charge in [0.15, 0.2) is 0 Å². The number of hydrogen-bond acceptors (Lipinski definition) is 1. The average Bonchev–Trinajstić information content (AvgIpc) is 3.57. The van der Waals surface area contributed by atoms with Gasteiger partial charge >= 0.3 is 0 Å². The summed E-state index contributed by atoms with van der Waals surface area (Å²) in [7, 11) is 2.19. The van der Waals surface area contributed by atoms with Gasteiger partial charge in [0, 0.05) is 40.6 Å². The lowest BCUT2D eigenvalue weighted by Crippen LogP contribution is -2.09. The molecule has 0 radical (unpaired) electrons. The summed E-state index contributed by atoms with van der Waals surface area (Å²) in [5, 5.41) is 6.22. The molecular formula is C53H38N2. The van der Waals surface area contributed by atoms with E-state index in [4.69, 9.17) is 0 Å². The molecule has 0 unspecified atom stereocenters. The second-order valence-electron chi connectivity index (χ2n) is 14.2. The summed E-state index contributed by atoms with van der Waals surface area (Å²) in [4.78, 5) is 2.38. The summed E-state index contributed by atoms with van der Waals surface area (Å²) in [6.45, 7) is 0. The number of rotatable bonds is 7. The number of aromatic nitrogens is 1. The van der Waals surface area contributed by atoms with E-state index in [9.17, 15) is 0 Å².